The van der Waals surface area contributed by atoms with Crippen LogP contribution < -0.4 is 29.6 Å². The van der Waals surface area contributed by atoms with E-state index in [1.807, 2.05) is 0 Å². The molecule has 0 radical (unpaired) electrons. The molecule has 3 nitrogen and oxygen atoms in total. The van der Waals surface area contributed by atoms with E-state index in [4.69, 9.17) is 0 Å². The van der Waals surface area contributed by atoms with Crippen LogP contribution in [0.15, 0.2) is 4.34 Å². The second-order valence-corrected chi connectivity index (χ2v) is 2.01. The van der Waals surface area contributed by atoms with Crippen LogP contribution in [0.25, 0.3) is 0 Å². The van der Waals surface area contributed by atoms with Gasteiger partial charge in [0, 0.05) is 4.34 Å². The molecule has 0 aliphatic heterocycles. The Bertz CT molecular complexity index is 116. The van der Waals surface area contributed by atoms with Crippen molar-refractivity contribution in [1.29, 1.82) is 0 Å². The second-order valence-electron chi connectivity index (χ2n) is 0.628. The van der Waals surface area contributed by atoms with E-state index < -0.39 is 0 Å². The topological polar surface area (TPSA) is 38.7 Å². The van der Waals surface area contributed by atoms with Gasteiger partial charge in [-0.2, -0.15) is 9.59 Å². The zero-order valence-electron chi connectivity index (χ0n) is 3.66. The van der Waals surface area contributed by atoms with Crippen molar-refractivity contribution in [1.82, 2.24) is 14.8 Å². The Morgan fingerprint density at radius 1 is 1.57 bits per heavy atom. The third-order valence-electron chi connectivity index (χ3n) is 0.282. The number of nitrogens with zero attached hydrogens (tertiary/aromatic N) is 3. The first-order valence-electron chi connectivity index (χ1n) is 1.21. The van der Waals surface area contributed by atoms with Gasteiger partial charge in [0.15, 0.2) is 0 Å². The monoisotopic (exact) mass is 141 g/mol. The predicted octanol–water partition coefficient (Wildman–Crippen LogP) is -3.16. The van der Waals surface area contributed by atoms with Crippen LogP contribution in [-0.2, 0) is 12.6 Å². The van der Waals surface area contributed by atoms with Gasteiger partial charge in [0.25, 0.3) is 0 Å². The zero-order chi connectivity index (χ0) is 4.41. The second kappa shape index (κ2) is 3.68. The molecular weight excluding hydrogens is 141 g/mol. The Morgan fingerprint density at radius 2 is 2.29 bits per heavy atom. The van der Waals surface area contributed by atoms with Crippen molar-refractivity contribution in [2.75, 3.05) is 0 Å². The van der Waals surface area contributed by atoms with Crippen molar-refractivity contribution in [2.24, 2.45) is 0 Å². The van der Waals surface area contributed by atoms with Crippen LogP contribution in [0.3, 0.4) is 0 Å². The average Bonchev–Trinajstić information content (AvgIpc) is 1.86. The van der Waals surface area contributed by atoms with Gasteiger partial charge in [-0.15, -0.1) is 0 Å². The molecule has 1 aromatic heterocycles. The summed E-state index contributed by atoms with van der Waals surface area (Å²) in [6.45, 7) is 0. The fourth-order valence-electron chi connectivity index (χ4n) is 0.126. The van der Waals surface area contributed by atoms with Gasteiger partial charge in [-0.25, -0.2) is 11.5 Å². The van der Waals surface area contributed by atoms with Crippen LogP contribution >= 0.6 is 11.5 Å². The first-order valence-corrected chi connectivity index (χ1v) is 2.40. The molecular formula is CN3NaS2. The normalized spacial score (nSPS) is 7.43. The van der Waals surface area contributed by atoms with Gasteiger partial charge in [-0.1, -0.05) is 5.21 Å². The summed E-state index contributed by atoms with van der Waals surface area (Å²) in [7, 11) is 0. The summed E-state index contributed by atoms with van der Waals surface area (Å²) >= 11 is 5.65. The molecule has 0 atom stereocenters. The molecule has 6 heteroatoms. The molecule has 1 heterocycles. The molecule has 32 valence electrons. The van der Waals surface area contributed by atoms with Crippen molar-refractivity contribution in [3.8, 4) is 0 Å². The summed E-state index contributed by atoms with van der Waals surface area (Å²) in [5.41, 5.74) is 0. The number of rotatable bonds is 0. The molecule has 0 unspecified atom stereocenters. The molecule has 0 fully saturated rings. The van der Waals surface area contributed by atoms with E-state index in [1.54, 1.807) is 0 Å². The van der Waals surface area contributed by atoms with Crippen molar-refractivity contribution >= 4 is 24.2 Å². The summed E-state index contributed by atoms with van der Waals surface area (Å²) in [4.78, 5) is 0. The van der Waals surface area contributed by atoms with Crippen molar-refractivity contribution in [3.05, 3.63) is 0 Å². The van der Waals surface area contributed by atoms with Gasteiger partial charge >= 0.3 is 29.6 Å². The number of hydrogen-bond donors (Lipinski definition) is 0. The van der Waals surface area contributed by atoms with E-state index in [0.29, 0.717) is 4.34 Å². The fraction of sp³-hybridized carbons (Fsp3) is 0. The van der Waals surface area contributed by atoms with Crippen LogP contribution in [-0.4, -0.2) is 14.8 Å². The van der Waals surface area contributed by atoms with Crippen LogP contribution in [0.5, 0.6) is 0 Å². The van der Waals surface area contributed by atoms with Gasteiger partial charge in [0.2, 0.25) is 0 Å². The summed E-state index contributed by atoms with van der Waals surface area (Å²) < 4.78 is 3.89. The minimum absolute atomic E-state index is 0. The minimum Gasteiger partial charge on any atom is -0.405 e. The van der Waals surface area contributed by atoms with Crippen LogP contribution in [0.1, 0.15) is 0 Å². The summed E-state index contributed by atoms with van der Waals surface area (Å²) in [5.74, 6) is 0. The average molecular weight is 141 g/mol. The van der Waals surface area contributed by atoms with E-state index in [-0.39, 0.29) is 29.6 Å². The summed E-state index contributed by atoms with van der Waals surface area (Å²) in [6.07, 6.45) is 0. The number of hydrogen-bond acceptors (Lipinski definition) is 5. The van der Waals surface area contributed by atoms with Crippen molar-refractivity contribution in [2.45, 2.75) is 4.34 Å². The number of aromatic nitrogens is 3. The maximum absolute atomic E-state index is 4.53. The molecule has 0 aromatic carbocycles. The van der Waals surface area contributed by atoms with Crippen LogP contribution in [0.2, 0.25) is 0 Å². The van der Waals surface area contributed by atoms with Gasteiger partial charge in [0.05, 0.1) is 0 Å². The Kier molecular flexibility index (Phi) is 4.05. The molecule has 0 spiro atoms. The van der Waals surface area contributed by atoms with Gasteiger partial charge < -0.3 is 12.6 Å². The third-order valence-corrected chi connectivity index (χ3v) is 0.980. The zero-order valence-corrected chi connectivity index (χ0v) is 7.29. The molecule has 0 saturated carbocycles. The Labute approximate surface area is 72.4 Å². The molecule has 0 saturated heterocycles. The molecule has 0 amide bonds. The maximum Gasteiger partial charge on any atom is 1.00 e. The van der Waals surface area contributed by atoms with E-state index >= 15 is 0 Å². The fourth-order valence-corrected chi connectivity index (χ4v) is 0.479. The van der Waals surface area contributed by atoms with Crippen LogP contribution in [0, 0.1) is 0 Å². The van der Waals surface area contributed by atoms with Crippen LogP contribution in [0.4, 0.5) is 0 Å². The molecule has 7 heavy (non-hydrogen) atoms. The Hall–Kier alpha value is 0.710. The Morgan fingerprint density at radius 3 is 2.43 bits per heavy atom. The quantitative estimate of drug-likeness (QED) is 0.282. The standard InChI is InChI=1S/CHN3S2.Na/c5-1-2-3-4-6-1;/h(H,2,4,5);/q;+1/p-1. The van der Waals surface area contributed by atoms with Gasteiger partial charge in [-0.05, 0) is 0 Å². The van der Waals surface area contributed by atoms with Crippen molar-refractivity contribution in [3.63, 3.8) is 0 Å². The minimum atomic E-state index is 0. The first kappa shape index (κ1) is 7.71. The predicted molar refractivity (Wildman–Crippen MR) is 23.3 cm³/mol. The maximum atomic E-state index is 4.53. The van der Waals surface area contributed by atoms with Gasteiger partial charge in [-0.3, -0.25) is 0 Å². The summed E-state index contributed by atoms with van der Waals surface area (Å²) in [6, 6.07) is 0. The molecule has 1 rings (SSSR count). The van der Waals surface area contributed by atoms with E-state index in [0.717, 1.165) is 11.5 Å². The molecule has 0 aliphatic carbocycles. The molecule has 0 bridgehead atoms. The van der Waals surface area contributed by atoms with Crippen molar-refractivity contribution < 1.29 is 29.6 Å². The Balaban J connectivity index is 0.000000360. The SMILES string of the molecule is [Na+].[S-]c1nnns1. The first-order chi connectivity index (χ1) is 2.89. The molecule has 1 aromatic rings. The summed E-state index contributed by atoms with van der Waals surface area (Å²) in [5, 5.41) is 6.62. The smallest absolute Gasteiger partial charge is 0.405 e. The largest absolute Gasteiger partial charge is 1.00 e. The molecule has 0 N–H and O–H groups in total. The van der Waals surface area contributed by atoms with Gasteiger partial charge in [0.1, 0.15) is 0 Å². The van der Waals surface area contributed by atoms with E-state index in [2.05, 4.69) is 27.4 Å². The van der Waals surface area contributed by atoms with E-state index in [9.17, 15) is 0 Å². The van der Waals surface area contributed by atoms with E-state index in [1.165, 1.54) is 0 Å². The third kappa shape index (κ3) is 2.50. The molecule has 0 aliphatic rings.